The van der Waals surface area contributed by atoms with Crippen molar-refractivity contribution in [1.29, 1.82) is 0 Å². The summed E-state index contributed by atoms with van der Waals surface area (Å²) in [4.78, 5) is 24.9. The van der Waals surface area contributed by atoms with E-state index in [4.69, 9.17) is 9.47 Å². The van der Waals surface area contributed by atoms with Crippen LogP contribution >= 0.6 is 0 Å². The first kappa shape index (κ1) is 18.4. The topological polar surface area (TPSA) is 82.5 Å². The van der Waals surface area contributed by atoms with Crippen molar-refractivity contribution in [2.24, 2.45) is 0 Å². The fourth-order valence-electron chi connectivity index (χ4n) is 2.87. The summed E-state index contributed by atoms with van der Waals surface area (Å²) in [6, 6.07) is 12.3. The van der Waals surface area contributed by atoms with E-state index >= 15 is 0 Å². The summed E-state index contributed by atoms with van der Waals surface area (Å²) in [5.41, 5.74) is 0.571. The fourth-order valence-corrected chi connectivity index (χ4v) is 2.87. The summed E-state index contributed by atoms with van der Waals surface area (Å²) >= 11 is 0. The van der Waals surface area contributed by atoms with Crippen LogP contribution in [0.1, 0.15) is 18.5 Å². The summed E-state index contributed by atoms with van der Waals surface area (Å²) in [5, 5.41) is 8.24. The number of nitrogens with one attached hydrogen (secondary N) is 1. The highest BCUT2D eigenvalue weighted by atomic mass is 16.5. The van der Waals surface area contributed by atoms with Gasteiger partial charge in [-0.25, -0.2) is 4.68 Å². The third-order valence-electron chi connectivity index (χ3n) is 4.34. The number of fused-ring (bicyclic) bond motifs is 1. The van der Waals surface area contributed by atoms with Gasteiger partial charge in [-0.2, -0.15) is 5.10 Å². The molecule has 3 rings (SSSR count). The van der Waals surface area contributed by atoms with E-state index in [9.17, 15) is 9.59 Å². The van der Waals surface area contributed by atoms with E-state index in [0.717, 1.165) is 10.9 Å². The Bertz CT molecular complexity index is 1030. The number of carbonyl (C=O) groups is 1. The molecule has 0 bridgehead atoms. The molecule has 7 heteroatoms. The number of amides is 1. The zero-order valence-electron chi connectivity index (χ0n) is 15.4. The Hall–Kier alpha value is -3.35. The summed E-state index contributed by atoms with van der Waals surface area (Å²) in [7, 11) is 3.12. The van der Waals surface area contributed by atoms with Crippen LogP contribution < -0.4 is 20.3 Å². The van der Waals surface area contributed by atoms with Gasteiger partial charge in [0.25, 0.3) is 5.56 Å². The first-order chi connectivity index (χ1) is 13.0. The van der Waals surface area contributed by atoms with E-state index in [-0.39, 0.29) is 24.1 Å². The van der Waals surface area contributed by atoms with E-state index in [0.29, 0.717) is 16.9 Å². The molecule has 1 amide bonds. The van der Waals surface area contributed by atoms with E-state index < -0.39 is 0 Å². The number of methoxy groups -OCH3 is 2. The Kier molecular flexibility index (Phi) is 5.40. The molecule has 0 spiro atoms. The minimum Gasteiger partial charge on any atom is -0.493 e. The lowest BCUT2D eigenvalue weighted by Gasteiger charge is -2.17. The quantitative estimate of drug-likeness (QED) is 0.723. The number of aromatic nitrogens is 2. The first-order valence-corrected chi connectivity index (χ1v) is 8.49. The molecule has 1 aromatic heterocycles. The molecule has 1 N–H and O–H groups in total. The third-order valence-corrected chi connectivity index (χ3v) is 4.34. The smallest absolute Gasteiger partial charge is 0.275 e. The molecule has 0 aliphatic heterocycles. The van der Waals surface area contributed by atoms with Crippen LogP contribution in [-0.2, 0) is 11.3 Å². The van der Waals surface area contributed by atoms with E-state index in [1.54, 1.807) is 38.6 Å². The van der Waals surface area contributed by atoms with E-state index in [2.05, 4.69) is 10.4 Å². The number of nitrogens with zero attached hydrogens (tertiary/aromatic N) is 2. The Balaban J connectivity index is 1.74. The number of rotatable bonds is 6. The predicted octanol–water partition coefficient (Wildman–Crippen LogP) is 2.29. The molecule has 140 valence electrons. The van der Waals surface area contributed by atoms with Crippen molar-refractivity contribution < 1.29 is 14.3 Å². The van der Waals surface area contributed by atoms with Gasteiger partial charge < -0.3 is 14.8 Å². The fraction of sp³-hybridized carbons (Fsp3) is 0.250. The van der Waals surface area contributed by atoms with E-state index in [1.165, 1.54) is 4.68 Å². The van der Waals surface area contributed by atoms with Gasteiger partial charge in [-0.15, -0.1) is 0 Å². The van der Waals surface area contributed by atoms with Crippen LogP contribution in [0.5, 0.6) is 11.5 Å². The van der Waals surface area contributed by atoms with Gasteiger partial charge in [0.05, 0.1) is 31.8 Å². The van der Waals surface area contributed by atoms with Gasteiger partial charge in [-0.3, -0.25) is 9.59 Å². The largest absolute Gasteiger partial charge is 0.493 e. The van der Waals surface area contributed by atoms with Crippen LogP contribution in [0.3, 0.4) is 0 Å². The van der Waals surface area contributed by atoms with Crippen LogP contribution in [0.25, 0.3) is 10.8 Å². The number of benzene rings is 2. The molecule has 3 aromatic rings. The standard InChI is InChI=1S/C20H21N3O4/c1-13(14-8-9-17(26-2)18(10-14)27-3)22-19(24)12-23-20(25)16-7-5-4-6-15(16)11-21-23/h4-11,13H,12H2,1-3H3,(H,22,24). The van der Waals surface area contributed by atoms with E-state index in [1.807, 2.05) is 31.2 Å². The maximum atomic E-state index is 12.5. The lowest BCUT2D eigenvalue weighted by Crippen LogP contribution is -2.34. The van der Waals surface area contributed by atoms with Gasteiger partial charge >= 0.3 is 0 Å². The molecule has 27 heavy (non-hydrogen) atoms. The molecule has 0 aliphatic rings. The molecule has 0 saturated heterocycles. The van der Waals surface area contributed by atoms with Crippen molar-refractivity contribution >= 4 is 16.7 Å². The first-order valence-electron chi connectivity index (χ1n) is 8.49. The minimum atomic E-state index is -0.304. The van der Waals surface area contributed by atoms with Crippen molar-refractivity contribution in [2.45, 2.75) is 19.5 Å². The Morgan fingerprint density at radius 2 is 1.89 bits per heavy atom. The van der Waals surface area contributed by atoms with Gasteiger partial charge in [0.2, 0.25) is 5.91 Å². The lowest BCUT2D eigenvalue weighted by atomic mass is 10.1. The predicted molar refractivity (Wildman–Crippen MR) is 102 cm³/mol. The second kappa shape index (κ2) is 7.90. The van der Waals surface area contributed by atoms with Gasteiger partial charge in [0.1, 0.15) is 6.54 Å². The highest BCUT2D eigenvalue weighted by molar-refractivity contribution is 5.81. The average molecular weight is 367 g/mol. The molecule has 1 atom stereocenters. The maximum absolute atomic E-state index is 12.5. The Morgan fingerprint density at radius 3 is 2.63 bits per heavy atom. The van der Waals surface area contributed by atoms with Gasteiger partial charge in [0.15, 0.2) is 11.5 Å². The minimum absolute atomic E-state index is 0.151. The number of hydrogen-bond donors (Lipinski definition) is 1. The van der Waals surface area contributed by atoms with Crippen molar-refractivity contribution in [1.82, 2.24) is 15.1 Å². The molecule has 7 nitrogen and oxygen atoms in total. The van der Waals surface area contributed by atoms with Crippen LogP contribution in [0.4, 0.5) is 0 Å². The zero-order chi connectivity index (χ0) is 19.4. The highest BCUT2D eigenvalue weighted by Crippen LogP contribution is 2.29. The highest BCUT2D eigenvalue weighted by Gasteiger charge is 2.14. The van der Waals surface area contributed by atoms with Gasteiger partial charge in [-0.05, 0) is 30.7 Å². The second-order valence-corrected chi connectivity index (χ2v) is 6.10. The lowest BCUT2D eigenvalue weighted by molar-refractivity contribution is -0.122. The molecule has 2 aromatic carbocycles. The molecule has 0 aliphatic carbocycles. The van der Waals surface area contributed by atoms with Crippen molar-refractivity contribution in [3.05, 3.63) is 64.6 Å². The zero-order valence-corrected chi connectivity index (χ0v) is 15.4. The maximum Gasteiger partial charge on any atom is 0.275 e. The number of ether oxygens (including phenoxy) is 2. The van der Waals surface area contributed by atoms with Gasteiger partial charge in [-0.1, -0.05) is 24.3 Å². The summed E-state index contributed by atoms with van der Waals surface area (Å²) in [6.07, 6.45) is 1.59. The van der Waals surface area contributed by atoms with Crippen LogP contribution in [0, 0.1) is 0 Å². The molecular weight excluding hydrogens is 346 g/mol. The van der Waals surface area contributed by atoms with Crippen molar-refractivity contribution in [3.63, 3.8) is 0 Å². The molecular formula is C20H21N3O4. The summed E-state index contributed by atoms with van der Waals surface area (Å²) < 4.78 is 11.7. The molecule has 1 heterocycles. The average Bonchev–Trinajstić information content (AvgIpc) is 2.69. The third kappa shape index (κ3) is 3.92. The normalized spacial score (nSPS) is 11.8. The molecule has 0 fully saturated rings. The van der Waals surface area contributed by atoms with Crippen LogP contribution in [-0.4, -0.2) is 29.9 Å². The SMILES string of the molecule is COc1ccc(C(C)NC(=O)Cn2ncc3ccccc3c2=O)cc1OC. The molecule has 0 radical (unpaired) electrons. The molecule has 0 saturated carbocycles. The summed E-state index contributed by atoms with van der Waals surface area (Å²) in [6.45, 7) is 1.71. The number of hydrogen-bond acceptors (Lipinski definition) is 5. The summed E-state index contributed by atoms with van der Waals surface area (Å²) in [5.74, 6) is 0.900. The second-order valence-electron chi connectivity index (χ2n) is 6.10. The van der Waals surface area contributed by atoms with Crippen molar-refractivity contribution in [2.75, 3.05) is 14.2 Å². The number of carbonyl (C=O) groups excluding carboxylic acids is 1. The van der Waals surface area contributed by atoms with Crippen LogP contribution in [0.15, 0.2) is 53.5 Å². The Morgan fingerprint density at radius 1 is 1.15 bits per heavy atom. The monoisotopic (exact) mass is 367 g/mol. The van der Waals surface area contributed by atoms with Crippen LogP contribution in [0.2, 0.25) is 0 Å². The molecule has 1 unspecified atom stereocenters. The van der Waals surface area contributed by atoms with Crippen molar-refractivity contribution in [3.8, 4) is 11.5 Å². The van der Waals surface area contributed by atoms with Gasteiger partial charge in [0, 0.05) is 5.39 Å². The Labute approximate surface area is 156 Å².